The Balaban J connectivity index is 2.77. The second-order valence-corrected chi connectivity index (χ2v) is 8.59. The van der Waals surface area contributed by atoms with Gasteiger partial charge in [-0.2, -0.15) is 0 Å². The molecule has 3 nitrogen and oxygen atoms in total. The van der Waals surface area contributed by atoms with Crippen molar-refractivity contribution < 1.29 is 8.42 Å². The highest BCUT2D eigenvalue weighted by atomic mass is 79.9. The van der Waals surface area contributed by atoms with Gasteiger partial charge in [0.1, 0.15) is 9.84 Å². The summed E-state index contributed by atoms with van der Waals surface area (Å²) < 4.78 is 23.4. The Morgan fingerprint density at radius 3 is 2.60 bits per heavy atom. The molecule has 0 heterocycles. The maximum absolute atomic E-state index is 11.2. The summed E-state index contributed by atoms with van der Waals surface area (Å²) in [5, 5.41) is 4.13. The van der Waals surface area contributed by atoms with E-state index in [1.807, 2.05) is 18.2 Å². The predicted octanol–water partition coefficient (Wildman–Crippen LogP) is 3.97. The first kappa shape index (κ1) is 18.0. The van der Waals surface area contributed by atoms with E-state index in [4.69, 9.17) is 11.6 Å². The summed E-state index contributed by atoms with van der Waals surface area (Å²) in [7, 11) is -2.90. The van der Waals surface area contributed by atoms with Crippen molar-refractivity contribution in [1.82, 2.24) is 5.32 Å². The van der Waals surface area contributed by atoms with Crippen LogP contribution in [-0.4, -0.2) is 27.0 Å². The van der Waals surface area contributed by atoms with Crippen molar-refractivity contribution >= 4 is 37.4 Å². The highest BCUT2D eigenvalue weighted by Crippen LogP contribution is 2.26. The van der Waals surface area contributed by atoms with Crippen LogP contribution in [0.1, 0.15) is 37.8 Å². The molecule has 0 fully saturated rings. The van der Waals surface area contributed by atoms with Gasteiger partial charge in [-0.25, -0.2) is 8.42 Å². The van der Waals surface area contributed by atoms with E-state index in [2.05, 4.69) is 28.2 Å². The Morgan fingerprint density at radius 2 is 2.05 bits per heavy atom. The third kappa shape index (κ3) is 7.07. The molecule has 20 heavy (non-hydrogen) atoms. The number of sulfone groups is 1. The average Bonchev–Trinajstić information content (AvgIpc) is 2.30. The maximum atomic E-state index is 11.2. The van der Waals surface area contributed by atoms with Crippen molar-refractivity contribution in [3.05, 3.63) is 33.3 Å². The molecule has 0 saturated heterocycles. The summed E-state index contributed by atoms with van der Waals surface area (Å²) >= 11 is 9.52. The van der Waals surface area contributed by atoms with Gasteiger partial charge in [0.15, 0.2) is 0 Å². The summed E-state index contributed by atoms with van der Waals surface area (Å²) in [6, 6.07) is 5.93. The molecular formula is C14H21BrClNO2S. The van der Waals surface area contributed by atoms with Crippen LogP contribution in [0.4, 0.5) is 0 Å². The molecule has 0 aliphatic heterocycles. The monoisotopic (exact) mass is 381 g/mol. The van der Waals surface area contributed by atoms with E-state index in [1.54, 1.807) is 0 Å². The van der Waals surface area contributed by atoms with Gasteiger partial charge in [0.2, 0.25) is 0 Å². The molecule has 1 aromatic rings. The summed E-state index contributed by atoms with van der Waals surface area (Å²) in [6.07, 6.45) is 3.73. The summed E-state index contributed by atoms with van der Waals surface area (Å²) in [6.45, 7) is 3.00. The summed E-state index contributed by atoms with van der Waals surface area (Å²) in [5.74, 6) is 0.221. The first-order chi connectivity index (χ1) is 9.31. The Morgan fingerprint density at radius 1 is 1.35 bits per heavy atom. The maximum Gasteiger partial charge on any atom is 0.147 e. The second kappa shape index (κ2) is 8.37. The zero-order valence-electron chi connectivity index (χ0n) is 11.8. The lowest BCUT2D eigenvalue weighted by atomic mass is 10.0. The minimum atomic E-state index is -2.90. The minimum Gasteiger partial charge on any atom is -0.310 e. The number of rotatable bonds is 8. The van der Waals surface area contributed by atoms with Gasteiger partial charge < -0.3 is 5.32 Å². The van der Waals surface area contributed by atoms with Gasteiger partial charge in [0.05, 0.1) is 0 Å². The van der Waals surface area contributed by atoms with Crippen LogP contribution < -0.4 is 5.32 Å². The molecule has 1 unspecified atom stereocenters. The van der Waals surface area contributed by atoms with E-state index >= 15 is 0 Å². The van der Waals surface area contributed by atoms with E-state index in [-0.39, 0.29) is 11.8 Å². The highest BCUT2D eigenvalue weighted by Gasteiger charge is 2.13. The predicted molar refractivity (Wildman–Crippen MR) is 89.1 cm³/mol. The third-order valence-corrected chi connectivity index (χ3v) is 4.64. The van der Waals surface area contributed by atoms with Crippen LogP contribution in [0.15, 0.2) is 22.7 Å². The van der Waals surface area contributed by atoms with Crippen LogP contribution in [0, 0.1) is 0 Å². The van der Waals surface area contributed by atoms with Gasteiger partial charge in [-0.1, -0.05) is 34.5 Å². The van der Waals surface area contributed by atoms with Crippen molar-refractivity contribution in [2.75, 3.05) is 18.6 Å². The molecule has 0 saturated carbocycles. The molecule has 1 aromatic carbocycles. The average molecular weight is 383 g/mol. The molecule has 0 amide bonds. The van der Waals surface area contributed by atoms with Gasteiger partial charge in [-0.05, 0) is 49.6 Å². The number of hydrogen-bond acceptors (Lipinski definition) is 3. The Kier molecular flexibility index (Phi) is 7.51. The van der Waals surface area contributed by atoms with E-state index in [0.717, 1.165) is 29.4 Å². The number of benzene rings is 1. The number of hydrogen-bond donors (Lipinski definition) is 1. The van der Waals surface area contributed by atoms with Gasteiger partial charge in [-0.15, -0.1) is 0 Å². The molecule has 1 atom stereocenters. The zero-order chi connectivity index (χ0) is 15.2. The van der Waals surface area contributed by atoms with Crippen LogP contribution in [-0.2, 0) is 9.84 Å². The fraction of sp³-hybridized carbons (Fsp3) is 0.571. The lowest BCUT2D eigenvalue weighted by Crippen LogP contribution is -2.23. The number of halogens is 2. The third-order valence-electron chi connectivity index (χ3n) is 2.94. The van der Waals surface area contributed by atoms with Crippen molar-refractivity contribution in [2.45, 2.75) is 32.2 Å². The standard InChI is InChI=1S/C14H21BrClNO2S/c1-3-6-17-14(5-4-7-20(2,18)19)11-8-12(15)10-13(16)9-11/h8-10,14,17H,3-7H2,1-2H3. The molecule has 114 valence electrons. The topological polar surface area (TPSA) is 46.2 Å². The highest BCUT2D eigenvalue weighted by molar-refractivity contribution is 9.10. The largest absolute Gasteiger partial charge is 0.310 e. The van der Waals surface area contributed by atoms with Crippen molar-refractivity contribution in [3.63, 3.8) is 0 Å². The van der Waals surface area contributed by atoms with E-state index < -0.39 is 9.84 Å². The molecule has 0 aliphatic carbocycles. The van der Waals surface area contributed by atoms with Crippen molar-refractivity contribution in [2.24, 2.45) is 0 Å². The van der Waals surface area contributed by atoms with E-state index in [0.29, 0.717) is 11.4 Å². The molecule has 0 bridgehead atoms. The van der Waals surface area contributed by atoms with Crippen molar-refractivity contribution in [3.8, 4) is 0 Å². The normalized spacial score (nSPS) is 13.4. The fourth-order valence-electron chi connectivity index (χ4n) is 2.03. The fourth-order valence-corrected chi connectivity index (χ4v) is 3.61. The van der Waals surface area contributed by atoms with Gasteiger partial charge in [-0.3, -0.25) is 0 Å². The molecule has 1 N–H and O–H groups in total. The first-order valence-corrected chi connectivity index (χ1v) is 9.92. The Labute approximate surface area is 135 Å². The lowest BCUT2D eigenvalue weighted by molar-refractivity contribution is 0.492. The van der Waals surface area contributed by atoms with Crippen LogP contribution >= 0.6 is 27.5 Å². The summed E-state index contributed by atoms with van der Waals surface area (Å²) in [4.78, 5) is 0. The van der Waals surface area contributed by atoms with E-state index in [1.165, 1.54) is 6.26 Å². The Bertz CT molecular complexity index is 514. The van der Waals surface area contributed by atoms with Gasteiger partial charge in [0, 0.05) is 27.5 Å². The van der Waals surface area contributed by atoms with Crippen LogP contribution in [0.25, 0.3) is 0 Å². The van der Waals surface area contributed by atoms with Crippen LogP contribution in [0.3, 0.4) is 0 Å². The first-order valence-electron chi connectivity index (χ1n) is 6.69. The SMILES string of the molecule is CCCNC(CCCS(C)(=O)=O)c1cc(Cl)cc(Br)c1. The smallest absolute Gasteiger partial charge is 0.147 e. The second-order valence-electron chi connectivity index (χ2n) is 4.98. The number of nitrogens with one attached hydrogen (secondary N) is 1. The molecule has 0 aliphatic rings. The van der Waals surface area contributed by atoms with Gasteiger partial charge in [0.25, 0.3) is 0 Å². The lowest BCUT2D eigenvalue weighted by Gasteiger charge is -2.19. The summed E-state index contributed by atoms with van der Waals surface area (Å²) in [5.41, 5.74) is 1.09. The van der Waals surface area contributed by atoms with E-state index in [9.17, 15) is 8.42 Å². The molecule has 1 rings (SSSR count). The van der Waals surface area contributed by atoms with Crippen LogP contribution in [0.2, 0.25) is 5.02 Å². The molecular weight excluding hydrogens is 362 g/mol. The Hall–Kier alpha value is -0.100. The van der Waals surface area contributed by atoms with Crippen molar-refractivity contribution in [1.29, 1.82) is 0 Å². The molecule has 6 heteroatoms. The van der Waals surface area contributed by atoms with Gasteiger partial charge >= 0.3 is 0 Å². The molecule has 0 radical (unpaired) electrons. The molecule has 0 aromatic heterocycles. The zero-order valence-corrected chi connectivity index (χ0v) is 15.0. The van der Waals surface area contributed by atoms with Crippen LogP contribution in [0.5, 0.6) is 0 Å². The quantitative estimate of drug-likeness (QED) is 0.740. The minimum absolute atomic E-state index is 0.131. The molecule has 0 spiro atoms.